The van der Waals surface area contributed by atoms with Crippen molar-refractivity contribution in [2.45, 2.75) is 63.6 Å². The van der Waals surface area contributed by atoms with Gasteiger partial charge < -0.3 is 20.0 Å². The number of aliphatic hydroxyl groups excluding tert-OH is 1. The number of carbonyl (C=O) groups is 3. The van der Waals surface area contributed by atoms with Gasteiger partial charge in [0.1, 0.15) is 5.70 Å². The number of thioether (sulfide) groups is 1. The highest BCUT2D eigenvalue weighted by molar-refractivity contribution is 8.03. The molecule has 3 rings (SSSR count). The summed E-state index contributed by atoms with van der Waals surface area (Å²) in [5, 5.41) is 20.0. The molecule has 9 heteroatoms. The molecule has 2 amide bonds. The van der Waals surface area contributed by atoms with Crippen LogP contribution in [-0.2, 0) is 20.9 Å². The minimum Gasteiger partial charge on any atom is -0.477 e. The number of hydrogen-bond acceptors (Lipinski definition) is 6. The first-order valence-corrected chi connectivity index (χ1v) is 12.5. The van der Waals surface area contributed by atoms with Crippen LogP contribution in [0.4, 0.5) is 0 Å². The number of hydrogen-bond donors (Lipinski definition) is 2. The molecule has 1 aromatic carbocycles. The van der Waals surface area contributed by atoms with E-state index in [4.69, 9.17) is 0 Å². The molecule has 0 spiro atoms. The van der Waals surface area contributed by atoms with Gasteiger partial charge in [-0.15, -0.1) is 11.8 Å². The number of likely N-dealkylation sites (N-methyl/N-ethyl adjacent to an activating group) is 1. The zero-order valence-electron chi connectivity index (χ0n) is 20.5. The van der Waals surface area contributed by atoms with E-state index in [0.29, 0.717) is 30.8 Å². The molecule has 34 heavy (non-hydrogen) atoms. The van der Waals surface area contributed by atoms with E-state index in [1.165, 1.54) is 23.6 Å². The van der Waals surface area contributed by atoms with E-state index in [1.807, 2.05) is 37.3 Å². The molecule has 0 bridgehead atoms. The lowest BCUT2D eigenvalue weighted by Crippen LogP contribution is -2.42. The van der Waals surface area contributed by atoms with E-state index < -0.39 is 18.1 Å². The van der Waals surface area contributed by atoms with Crippen LogP contribution in [-0.4, -0.2) is 86.8 Å². The highest BCUT2D eigenvalue weighted by Gasteiger charge is 2.46. The number of carboxylic acids is 1. The van der Waals surface area contributed by atoms with Gasteiger partial charge in [-0.25, -0.2) is 4.79 Å². The number of nitrogens with zero attached hydrogens (tertiary/aromatic N) is 3. The number of carboxylic acid groups (broad SMARTS) is 1. The maximum atomic E-state index is 13.0. The van der Waals surface area contributed by atoms with E-state index in [2.05, 4.69) is 4.90 Å². The molecule has 2 aliphatic heterocycles. The molecule has 2 heterocycles. The van der Waals surface area contributed by atoms with E-state index in [1.54, 1.807) is 25.9 Å². The quantitative estimate of drug-likeness (QED) is 0.578. The number of carbonyl (C=O) groups excluding carboxylic acids is 2. The second kappa shape index (κ2) is 10.9. The molecule has 1 saturated heterocycles. The van der Waals surface area contributed by atoms with Crippen LogP contribution < -0.4 is 0 Å². The third kappa shape index (κ3) is 5.64. The van der Waals surface area contributed by atoms with Crippen molar-refractivity contribution in [2.75, 3.05) is 20.6 Å². The van der Waals surface area contributed by atoms with Gasteiger partial charge in [-0.05, 0) is 25.3 Å². The molecule has 2 aliphatic rings. The zero-order chi connectivity index (χ0) is 25.2. The molecular weight excluding hydrogens is 454 g/mol. The van der Waals surface area contributed by atoms with Crippen molar-refractivity contribution in [2.24, 2.45) is 5.92 Å². The van der Waals surface area contributed by atoms with E-state index in [9.17, 15) is 24.6 Å². The monoisotopic (exact) mass is 489 g/mol. The molecule has 0 aliphatic carbocycles. The number of rotatable bonds is 8. The topological polar surface area (TPSA) is 101 Å². The Morgan fingerprint density at radius 3 is 2.38 bits per heavy atom. The van der Waals surface area contributed by atoms with E-state index >= 15 is 0 Å². The van der Waals surface area contributed by atoms with Crippen molar-refractivity contribution in [1.82, 2.24) is 14.7 Å². The summed E-state index contributed by atoms with van der Waals surface area (Å²) in [6, 6.07) is 9.27. The summed E-state index contributed by atoms with van der Waals surface area (Å²) in [6.45, 7) is 6.19. The van der Waals surface area contributed by atoms with Crippen molar-refractivity contribution >= 4 is 29.5 Å². The molecule has 0 aromatic heterocycles. The summed E-state index contributed by atoms with van der Waals surface area (Å²) < 4.78 is 0. The fourth-order valence-corrected chi connectivity index (χ4v) is 6.57. The van der Waals surface area contributed by atoms with Crippen LogP contribution in [0.25, 0.3) is 0 Å². The van der Waals surface area contributed by atoms with Crippen molar-refractivity contribution < 1.29 is 24.6 Å². The number of amides is 2. The third-order valence-electron chi connectivity index (χ3n) is 6.53. The van der Waals surface area contributed by atoms with Gasteiger partial charge in [-0.2, -0.15) is 0 Å². The Morgan fingerprint density at radius 2 is 1.85 bits per heavy atom. The smallest absolute Gasteiger partial charge is 0.353 e. The molecule has 0 radical (unpaired) electrons. The molecule has 186 valence electrons. The van der Waals surface area contributed by atoms with Crippen LogP contribution in [0.1, 0.15) is 39.2 Å². The molecule has 1 fully saturated rings. The number of aliphatic hydroxyl groups is 1. The fourth-order valence-electron chi connectivity index (χ4n) is 4.99. The predicted molar refractivity (Wildman–Crippen MR) is 132 cm³/mol. The normalized spacial score (nSPS) is 26.1. The van der Waals surface area contributed by atoms with Crippen LogP contribution >= 0.6 is 11.8 Å². The van der Waals surface area contributed by atoms with Crippen LogP contribution in [0, 0.1) is 5.92 Å². The Balaban J connectivity index is 1.88. The minimum atomic E-state index is -1.14. The Morgan fingerprint density at radius 1 is 1.21 bits per heavy atom. The number of likely N-dealkylation sites (tertiary alicyclic amines) is 1. The highest BCUT2D eigenvalue weighted by atomic mass is 32.2. The van der Waals surface area contributed by atoms with E-state index in [-0.39, 0.29) is 34.7 Å². The lowest BCUT2D eigenvalue weighted by molar-refractivity contribution is -0.140. The summed E-state index contributed by atoms with van der Waals surface area (Å²) in [5.41, 5.74) is 1.12. The summed E-state index contributed by atoms with van der Waals surface area (Å²) >= 11 is 1.47. The first-order valence-electron chi connectivity index (χ1n) is 11.6. The summed E-state index contributed by atoms with van der Waals surface area (Å²) in [6.07, 6.45) is 0.232. The average molecular weight is 490 g/mol. The Labute approximate surface area is 205 Å². The first-order chi connectivity index (χ1) is 16.0. The van der Waals surface area contributed by atoms with Crippen LogP contribution in [0.15, 0.2) is 40.9 Å². The van der Waals surface area contributed by atoms with Crippen molar-refractivity contribution in [3.63, 3.8) is 0 Å². The van der Waals surface area contributed by atoms with Crippen LogP contribution in [0.2, 0.25) is 0 Å². The predicted octanol–water partition coefficient (Wildman–Crippen LogP) is 2.38. The second-order valence-corrected chi connectivity index (χ2v) is 10.8. The van der Waals surface area contributed by atoms with Gasteiger partial charge in [0.05, 0.1) is 12.1 Å². The lowest BCUT2D eigenvalue weighted by atomic mass is 9.98. The van der Waals surface area contributed by atoms with Gasteiger partial charge >= 0.3 is 5.97 Å². The molecule has 1 aromatic rings. The van der Waals surface area contributed by atoms with Gasteiger partial charge in [-0.3, -0.25) is 14.5 Å². The molecule has 5 atom stereocenters. The standard InChI is InChI=1S/C25H35N3O5S/c1-15(29)11-20-16(2)23(22(25(32)33)28(20)17(3)30)34-19-12-21(24(31)26(4)5)27(14-19)13-18-9-7-6-8-10-18/h6-10,15-16,19-21,29H,11-14H2,1-5H3,(H,32,33)/t15-,16-,19+,20+,21+/m1/s1. The minimum absolute atomic E-state index is 0.00326. The number of benzene rings is 1. The SMILES string of the molecule is CC(=O)N1C(C(=O)O)=C(S[C@H]2C[C@@H](C(=O)N(C)C)N(Cc3ccccc3)C2)[C@H](C)[C@@H]1C[C@@H](C)O. The van der Waals surface area contributed by atoms with Gasteiger partial charge in [-0.1, -0.05) is 37.3 Å². The maximum absolute atomic E-state index is 13.0. The molecule has 0 saturated carbocycles. The second-order valence-electron chi connectivity index (χ2n) is 9.49. The van der Waals surface area contributed by atoms with Crippen molar-refractivity contribution in [1.29, 1.82) is 0 Å². The average Bonchev–Trinajstić information content (AvgIpc) is 3.27. The summed E-state index contributed by atoms with van der Waals surface area (Å²) in [7, 11) is 3.50. The third-order valence-corrected chi connectivity index (χ3v) is 8.03. The zero-order valence-corrected chi connectivity index (χ0v) is 21.3. The molecule has 8 nitrogen and oxygen atoms in total. The molecule has 2 N–H and O–H groups in total. The van der Waals surface area contributed by atoms with Gasteiger partial charge in [0.2, 0.25) is 11.8 Å². The lowest BCUT2D eigenvalue weighted by Gasteiger charge is -2.28. The molecule has 0 unspecified atom stereocenters. The number of aliphatic carboxylic acids is 1. The van der Waals surface area contributed by atoms with Crippen molar-refractivity contribution in [3.8, 4) is 0 Å². The largest absolute Gasteiger partial charge is 0.477 e. The summed E-state index contributed by atoms with van der Waals surface area (Å²) in [4.78, 5) is 43.4. The van der Waals surface area contributed by atoms with E-state index in [0.717, 1.165) is 5.56 Å². The Kier molecular flexibility index (Phi) is 8.43. The highest BCUT2D eigenvalue weighted by Crippen LogP contribution is 2.46. The Bertz CT molecular complexity index is 949. The molecular formula is C25H35N3O5S. The van der Waals surface area contributed by atoms with Gasteiger partial charge in [0.25, 0.3) is 0 Å². The fraction of sp³-hybridized carbons (Fsp3) is 0.560. The first kappa shape index (κ1) is 26.2. The van der Waals surface area contributed by atoms with Crippen LogP contribution in [0.3, 0.4) is 0 Å². The van der Waals surface area contributed by atoms with Crippen molar-refractivity contribution in [3.05, 3.63) is 46.5 Å². The van der Waals surface area contributed by atoms with Gasteiger partial charge in [0, 0.05) is 56.2 Å². The van der Waals surface area contributed by atoms with Crippen LogP contribution in [0.5, 0.6) is 0 Å². The maximum Gasteiger partial charge on any atom is 0.353 e. The van der Waals surface area contributed by atoms with Gasteiger partial charge in [0.15, 0.2) is 0 Å². The summed E-state index contributed by atoms with van der Waals surface area (Å²) in [5.74, 6) is -1.68. The Hall–Kier alpha value is -2.36.